The van der Waals surface area contributed by atoms with E-state index in [-0.39, 0.29) is 23.7 Å². The zero-order valence-electron chi connectivity index (χ0n) is 13.2. The smallest absolute Gasteiger partial charge is 0.271 e. The maximum atomic E-state index is 12.4. The minimum Gasteiger partial charge on any atom is -0.469 e. The van der Waals surface area contributed by atoms with Gasteiger partial charge < -0.3 is 8.98 Å². The Kier molecular flexibility index (Phi) is 3.37. The Morgan fingerprint density at radius 3 is 2.79 bits per heavy atom. The molecule has 0 saturated heterocycles. The third-order valence-corrected chi connectivity index (χ3v) is 4.48. The van der Waals surface area contributed by atoms with Crippen molar-refractivity contribution in [2.75, 3.05) is 0 Å². The van der Waals surface area contributed by atoms with Crippen LogP contribution in [0.3, 0.4) is 0 Å². The van der Waals surface area contributed by atoms with Crippen LogP contribution in [0.15, 0.2) is 53.3 Å². The number of para-hydroxylation sites is 1. The molecule has 2 atom stereocenters. The zero-order chi connectivity index (χ0) is 16.7. The van der Waals surface area contributed by atoms with Crippen LogP contribution in [0.2, 0.25) is 0 Å². The van der Waals surface area contributed by atoms with Crippen molar-refractivity contribution in [3.05, 3.63) is 60.2 Å². The first-order chi connectivity index (χ1) is 11.6. The summed E-state index contributed by atoms with van der Waals surface area (Å²) >= 11 is 0. The van der Waals surface area contributed by atoms with E-state index in [2.05, 4.69) is 10.9 Å². The predicted octanol–water partition coefficient (Wildman–Crippen LogP) is 2.34. The number of nitrogens with one attached hydrogen (secondary N) is 2. The molecule has 0 bridgehead atoms. The van der Waals surface area contributed by atoms with Crippen LogP contribution in [-0.2, 0) is 11.8 Å². The van der Waals surface area contributed by atoms with Gasteiger partial charge in [0.25, 0.3) is 5.91 Å². The van der Waals surface area contributed by atoms with Gasteiger partial charge in [-0.3, -0.25) is 20.4 Å². The number of carbonyl (C=O) groups excluding carboxylic acids is 2. The van der Waals surface area contributed by atoms with Crippen LogP contribution >= 0.6 is 0 Å². The van der Waals surface area contributed by atoms with Crippen molar-refractivity contribution in [3.63, 3.8) is 0 Å². The lowest BCUT2D eigenvalue weighted by Gasteiger charge is -2.06. The van der Waals surface area contributed by atoms with Gasteiger partial charge in [0.15, 0.2) is 0 Å². The molecule has 1 saturated carbocycles. The average molecular weight is 323 g/mol. The van der Waals surface area contributed by atoms with Crippen molar-refractivity contribution in [3.8, 4) is 0 Å². The number of benzene rings is 1. The first-order valence-electron chi connectivity index (χ1n) is 7.83. The molecule has 6 nitrogen and oxygen atoms in total. The van der Waals surface area contributed by atoms with Crippen LogP contribution in [0, 0.1) is 5.92 Å². The van der Waals surface area contributed by atoms with E-state index >= 15 is 0 Å². The van der Waals surface area contributed by atoms with Crippen molar-refractivity contribution >= 4 is 22.7 Å². The molecule has 2 amide bonds. The van der Waals surface area contributed by atoms with Crippen LogP contribution in [0.25, 0.3) is 10.9 Å². The van der Waals surface area contributed by atoms with E-state index in [1.807, 2.05) is 48.0 Å². The summed E-state index contributed by atoms with van der Waals surface area (Å²) in [7, 11) is 1.88. The van der Waals surface area contributed by atoms with Crippen LogP contribution in [0.1, 0.15) is 28.5 Å². The molecule has 24 heavy (non-hydrogen) atoms. The van der Waals surface area contributed by atoms with E-state index < -0.39 is 0 Å². The molecule has 2 N–H and O–H groups in total. The lowest BCUT2D eigenvalue weighted by atomic mass is 10.2. The summed E-state index contributed by atoms with van der Waals surface area (Å²) in [5.74, 6) is 0.259. The van der Waals surface area contributed by atoms with Gasteiger partial charge in [-0.05, 0) is 24.6 Å². The lowest BCUT2D eigenvalue weighted by molar-refractivity contribution is -0.123. The van der Waals surface area contributed by atoms with Crippen molar-refractivity contribution in [1.29, 1.82) is 0 Å². The zero-order valence-corrected chi connectivity index (χ0v) is 13.2. The number of aromatic nitrogens is 1. The Morgan fingerprint density at radius 1 is 1.17 bits per heavy atom. The second-order valence-corrected chi connectivity index (χ2v) is 6.08. The molecule has 1 fully saturated rings. The van der Waals surface area contributed by atoms with E-state index in [1.165, 1.54) is 0 Å². The number of fused-ring (bicyclic) bond motifs is 1. The summed E-state index contributed by atoms with van der Waals surface area (Å²) in [5.41, 5.74) is 6.53. The van der Waals surface area contributed by atoms with Crippen LogP contribution < -0.4 is 10.9 Å². The largest absolute Gasteiger partial charge is 0.469 e. The highest BCUT2D eigenvalue weighted by atomic mass is 16.3. The minimum atomic E-state index is -0.324. The highest BCUT2D eigenvalue weighted by molar-refractivity contribution is 6.07. The van der Waals surface area contributed by atoms with E-state index in [4.69, 9.17) is 4.42 Å². The second-order valence-electron chi connectivity index (χ2n) is 6.08. The van der Waals surface area contributed by atoms with Gasteiger partial charge in [-0.15, -0.1) is 0 Å². The van der Waals surface area contributed by atoms with Crippen LogP contribution in [-0.4, -0.2) is 16.4 Å². The van der Waals surface area contributed by atoms with E-state index in [9.17, 15) is 9.59 Å². The molecule has 0 spiro atoms. The van der Waals surface area contributed by atoms with Crippen molar-refractivity contribution in [1.82, 2.24) is 15.4 Å². The van der Waals surface area contributed by atoms with Gasteiger partial charge in [0.05, 0.1) is 17.7 Å². The summed E-state index contributed by atoms with van der Waals surface area (Å²) in [6, 6.07) is 11.3. The van der Waals surface area contributed by atoms with Gasteiger partial charge in [0.1, 0.15) is 5.76 Å². The standard InChI is InChI=1S/C18H17N3O3/c1-21-10-14(11-5-2-3-6-15(11)21)18(23)20-19-17(22)13-9-12(13)16-7-4-8-24-16/h2-8,10,12-13H,9H2,1H3,(H,19,22)(H,20,23)/t12-,13-/m0/s1. The maximum Gasteiger partial charge on any atom is 0.271 e. The van der Waals surface area contributed by atoms with Gasteiger partial charge in [0, 0.05) is 30.1 Å². The quantitative estimate of drug-likeness (QED) is 0.726. The Balaban J connectivity index is 1.41. The molecule has 0 radical (unpaired) electrons. The molecule has 2 heterocycles. The molecule has 0 aliphatic heterocycles. The van der Waals surface area contributed by atoms with Gasteiger partial charge in [0.2, 0.25) is 5.91 Å². The summed E-state index contributed by atoms with van der Waals surface area (Å²) in [6.45, 7) is 0. The fourth-order valence-electron chi connectivity index (χ4n) is 3.10. The topological polar surface area (TPSA) is 76.3 Å². The Hall–Kier alpha value is -3.02. The molecular weight excluding hydrogens is 306 g/mol. The normalized spacial score (nSPS) is 19.2. The van der Waals surface area contributed by atoms with E-state index in [1.54, 1.807) is 12.5 Å². The van der Waals surface area contributed by atoms with Gasteiger partial charge in [-0.1, -0.05) is 18.2 Å². The second kappa shape index (κ2) is 5.56. The average Bonchev–Trinajstić information content (AvgIpc) is 3.06. The molecule has 3 aromatic rings. The number of furan rings is 1. The fraction of sp³-hybridized carbons (Fsp3) is 0.222. The summed E-state index contributed by atoms with van der Waals surface area (Å²) < 4.78 is 7.20. The number of nitrogens with zero attached hydrogens (tertiary/aromatic N) is 1. The van der Waals surface area contributed by atoms with Gasteiger partial charge in [-0.2, -0.15) is 0 Å². The number of hydrogen-bond acceptors (Lipinski definition) is 3. The highest BCUT2D eigenvalue weighted by Crippen LogP contribution is 2.47. The monoisotopic (exact) mass is 323 g/mol. The number of hydrogen-bond donors (Lipinski definition) is 2. The number of amides is 2. The molecule has 122 valence electrons. The molecule has 1 aromatic carbocycles. The number of aryl methyl sites for hydroxylation is 1. The van der Waals surface area contributed by atoms with Gasteiger partial charge >= 0.3 is 0 Å². The summed E-state index contributed by atoms with van der Waals surface area (Å²) in [6.07, 6.45) is 4.10. The first-order valence-corrected chi connectivity index (χ1v) is 7.83. The fourth-order valence-corrected chi connectivity index (χ4v) is 3.10. The molecule has 1 aliphatic carbocycles. The molecule has 4 rings (SSSR count). The van der Waals surface area contributed by atoms with E-state index in [0.29, 0.717) is 5.56 Å². The van der Waals surface area contributed by atoms with Crippen molar-refractivity contribution in [2.45, 2.75) is 12.3 Å². The molecule has 6 heteroatoms. The molecular formula is C18H17N3O3. The molecule has 1 aliphatic rings. The third kappa shape index (κ3) is 2.46. The Labute approximate surface area is 138 Å². The Bertz CT molecular complexity index is 911. The van der Waals surface area contributed by atoms with Crippen molar-refractivity contribution < 1.29 is 14.0 Å². The SMILES string of the molecule is Cn1cc(C(=O)NNC(=O)[C@H]2C[C@@H]2c2ccco2)c2ccccc21. The molecule has 0 unspecified atom stereocenters. The predicted molar refractivity (Wildman–Crippen MR) is 88.1 cm³/mol. The maximum absolute atomic E-state index is 12.4. The lowest BCUT2D eigenvalue weighted by Crippen LogP contribution is -2.42. The van der Waals surface area contributed by atoms with Crippen molar-refractivity contribution in [2.24, 2.45) is 13.0 Å². The third-order valence-electron chi connectivity index (χ3n) is 4.48. The first kappa shape index (κ1) is 14.6. The Morgan fingerprint density at radius 2 is 2.00 bits per heavy atom. The minimum absolute atomic E-state index is 0.106. The van der Waals surface area contributed by atoms with E-state index in [0.717, 1.165) is 23.1 Å². The highest BCUT2D eigenvalue weighted by Gasteiger charge is 2.46. The number of carbonyl (C=O) groups is 2. The van der Waals surface area contributed by atoms with Gasteiger partial charge in [-0.25, -0.2) is 0 Å². The number of rotatable bonds is 3. The molecule has 2 aromatic heterocycles. The van der Waals surface area contributed by atoms with Crippen LogP contribution in [0.4, 0.5) is 0 Å². The van der Waals surface area contributed by atoms with Crippen LogP contribution in [0.5, 0.6) is 0 Å². The summed E-state index contributed by atoms with van der Waals surface area (Å²) in [5, 5.41) is 0.853. The number of hydrazine groups is 1. The summed E-state index contributed by atoms with van der Waals surface area (Å²) in [4.78, 5) is 24.5.